The SMILES string of the molecule is CCCCOP(=S)(OCC(Br)(Br)Br)c1ccc(F)cc1. The topological polar surface area (TPSA) is 18.5 Å². The van der Waals surface area contributed by atoms with Crippen molar-refractivity contribution < 1.29 is 13.4 Å². The second kappa shape index (κ2) is 8.70. The third-order valence-electron chi connectivity index (χ3n) is 2.30. The molecule has 0 fully saturated rings. The lowest BCUT2D eigenvalue weighted by Crippen LogP contribution is -2.16. The molecule has 8 heteroatoms. The van der Waals surface area contributed by atoms with Crippen LogP contribution in [0, 0.1) is 5.82 Å². The maximum atomic E-state index is 13.0. The Balaban J connectivity index is 2.88. The molecule has 0 aliphatic heterocycles. The van der Waals surface area contributed by atoms with Gasteiger partial charge in [-0.2, -0.15) is 0 Å². The minimum Gasteiger partial charge on any atom is -0.326 e. The normalized spacial score (nSPS) is 15.1. The lowest BCUT2D eigenvalue weighted by atomic mass is 10.4. The highest BCUT2D eigenvalue weighted by molar-refractivity contribution is 9.39. The molecule has 0 aromatic heterocycles. The lowest BCUT2D eigenvalue weighted by molar-refractivity contribution is 0.258. The zero-order chi connectivity index (χ0) is 15.2. The Hall–Kier alpha value is 1.16. The van der Waals surface area contributed by atoms with Crippen LogP contribution in [0.4, 0.5) is 4.39 Å². The molecule has 2 nitrogen and oxygen atoms in total. The Morgan fingerprint density at radius 3 is 2.30 bits per heavy atom. The minimum atomic E-state index is -2.64. The molecule has 0 amide bonds. The summed E-state index contributed by atoms with van der Waals surface area (Å²) in [6.07, 6.45) is 1.92. The first-order chi connectivity index (χ1) is 9.27. The quantitative estimate of drug-likeness (QED) is 0.276. The predicted octanol–water partition coefficient (Wildman–Crippen LogP) is 5.43. The molecule has 0 spiro atoms. The maximum absolute atomic E-state index is 13.0. The Morgan fingerprint density at radius 2 is 1.80 bits per heavy atom. The molecular weight excluding hydrogens is 498 g/mol. The molecule has 0 aliphatic rings. The van der Waals surface area contributed by atoms with Gasteiger partial charge in [-0.3, -0.25) is 0 Å². The van der Waals surface area contributed by atoms with Gasteiger partial charge in [0.2, 0.25) is 6.49 Å². The fourth-order valence-corrected chi connectivity index (χ4v) is 4.54. The number of unbranched alkanes of at least 4 members (excludes halogenated alkanes) is 1. The molecule has 0 aliphatic carbocycles. The molecule has 20 heavy (non-hydrogen) atoms. The van der Waals surface area contributed by atoms with Crippen molar-refractivity contribution in [1.29, 1.82) is 0 Å². The second-order valence-electron chi connectivity index (χ2n) is 4.05. The van der Waals surface area contributed by atoms with Gasteiger partial charge in [0.05, 0.1) is 13.2 Å². The van der Waals surface area contributed by atoms with E-state index in [1.54, 1.807) is 12.1 Å². The van der Waals surface area contributed by atoms with E-state index in [1.807, 2.05) is 0 Å². The Labute approximate surface area is 149 Å². The largest absolute Gasteiger partial charge is 0.326 e. The molecule has 1 atom stereocenters. The zero-order valence-corrected chi connectivity index (χ0v) is 17.3. The smallest absolute Gasteiger partial charge is 0.219 e. The third kappa shape index (κ3) is 6.95. The molecular formula is C12H15Br3FO2PS. The van der Waals surface area contributed by atoms with Gasteiger partial charge >= 0.3 is 0 Å². The monoisotopic (exact) mass is 510 g/mol. The highest BCUT2D eigenvalue weighted by atomic mass is 80.0. The molecule has 0 radical (unpaired) electrons. The number of hydrogen-bond acceptors (Lipinski definition) is 3. The first-order valence-electron chi connectivity index (χ1n) is 5.99. The summed E-state index contributed by atoms with van der Waals surface area (Å²) in [4.78, 5) is 0. The first kappa shape index (κ1) is 19.2. The Kier molecular flexibility index (Phi) is 8.36. The van der Waals surface area contributed by atoms with Gasteiger partial charge in [-0.05, 0) is 42.5 Å². The van der Waals surface area contributed by atoms with Crippen LogP contribution in [0.15, 0.2) is 24.3 Å². The standard InChI is InChI=1S/C12H15Br3FO2PS/c1-2-3-8-17-19(20,18-9-12(13,14)15)11-6-4-10(16)5-7-11/h4-7H,2-3,8-9H2,1H3. The van der Waals surface area contributed by atoms with E-state index in [-0.39, 0.29) is 12.4 Å². The number of halogens is 4. The van der Waals surface area contributed by atoms with E-state index in [2.05, 4.69) is 54.7 Å². The lowest BCUT2D eigenvalue weighted by Gasteiger charge is -2.25. The minimum absolute atomic E-state index is 0.272. The fourth-order valence-electron chi connectivity index (χ4n) is 1.30. The third-order valence-corrected chi connectivity index (χ3v) is 6.17. The van der Waals surface area contributed by atoms with Crippen molar-refractivity contribution in [1.82, 2.24) is 0 Å². The average Bonchev–Trinajstić information content (AvgIpc) is 2.37. The van der Waals surface area contributed by atoms with E-state index in [4.69, 9.17) is 20.9 Å². The molecule has 1 aromatic rings. The summed E-state index contributed by atoms with van der Waals surface area (Å²) in [5.74, 6) is -0.306. The molecule has 0 heterocycles. The van der Waals surface area contributed by atoms with E-state index in [0.717, 1.165) is 12.8 Å². The summed E-state index contributed by atoms with van der Waals surface area (Å²) in [5.41, 5.74) is 0. The molecule has 1 aromatic carbocycles. The van der Waals surface area contributed by atoms with Crippen LogP contribution in [-0.2, 0) is 20.9 Å². The van der Waals surface area contributed by atoms with Gasteiger partial charge < -0.3 is 9.05 Å². The number of alkyl halides is 3. The summed E-state index contributed by atoms with van der Waals surface area (Å²) in [6.45, 7) is 0.239. The summed E-state index contributed by atoms with van der Waals surface area (Å²) < 4.78 is 24.1. The molecule has 114 valence electrons. The molecule has 1 unspecified atom stereocenters. The van der Waals surface area contributed by atoms with Crippen molar-refractivity contribution in [3.63, 3.8) is 0 Å². The number of benzene rings is 1. The molecule has 0 bridgehead atoms. The van der Waals surface area contributed by atoms with Crippen molar-refractivity contribution in [3.05, 3.63) is 30.1 Å². The van der Waals surface area contributed by atoms with Crippen LogP contribution in [0.1, 0.15) is 19.8 Å². The Bertz CT molecular complexity index is 465. The van der Waals surface area contributed by atoms with E-state index in [9.17, 15) is 4.39 Å². The van der Waals surface area contributed by atoms with Crippen LogP contribution in [0.2, 0.25) is 0 Å². The van der Waals surface area contributed by atoms with Crippen molar-refractivity contribution in [3.8, 4) is 0 Å². The van der Waals surface area contributed by atoms with Crippen LogP contribution in [0.25, 0.3) is 0 Å². The molecule has 0 saturated heterocycles. The highest BCUT2D eigenvalue weighted by Crippen LogP contribution is 2.50. The Morgan fingerprint density at radius 1 is 1.20 bits per heavy atom. The van der Waals surface area contributed by atoms with Gasteiger partial charge in [0, 0.05) is 5.30 Å². The van der Waals surface area contributed by atoms with Crippen molar-refractivity contribution in [2.75, 3.05) is 13.2 Å². The van der Waals surface area contributed by atoms with Gasteiger partial charge in [0.1, 0.15) is 5.82 Å². The number of rotatable bonds is 7. The van der Waals surface area contributed by atoms with Gasteiger partial charge in [-0.1, -0.05) is 61.1 Å². The van der Waals surface area contributed by atoms with Gasteiger partial charge in [0.25, 0.3) is 0 Å². The van der Waals surface area contributed by atoms with Gasteiger partial charge in [0.15, 0.2) is 2.14 Å². The summed E-state index contributed by atoms with van der Waals surface area (Å²) in [7, 11) is 0. The van der Waals surface area contributed by atoms with E-state index in [1.165, 1.54) is 12.1 Å². The predicted molar refractivity (Wildman–Crippen MR) is 96.6 cm³/mol. The van der Waals surface area contributed by atoms with Gasteiger partial charge in [-0.25, -0.2) is 4.39 Å². The molecule has 1 rings (SSSR count). The van der Waals surface area contributed by atoms with E-state index in [0.29, 0.717) is 11.9 Å². The first-order valence-corrected chi connectivity index (χ1v) is 11.0. The van der Waals surface area contributed by atoms with E-state index >= 15 is 0 Å². The van der Waals surface area contributed by atoms with Crippen LogP contribution in [0.5, 0.6) is 0 Å². The highest BCUT2D eigenvalue weighted by Gasteiger charge is 2.27. The van der Waals surface area contributed by atoms with Crippen molar-refractivity contribution in [2.45, 2.75) is 21.9 Å². The van der Waals surface area contributed by atoms with E-state index < -0.39 is 8.63 Å². The molecule has 0 N–H and O–H groups in total. The molecule has 0 saturated carbocycles. The van der Waals surface area contributed by atoms with Gasteiger partial charge in [-0.15, -0.1) is 0 Å². The fraction of sp³-hybridized carbons (Fsp3) is 0.500. The van der Waals surface area contributed by atoms with Crippen molar-refractivity contribution in [2.24, 2.45) is 0 Å². The van der Waals surface area contributed by atoms with Crippen molar-refractivity contribution >= 4 is 71.4 Å². The van der Waals surface area contributed by atoms with Crippen LogP contribution >= 0.6 is 54.3 Å². The summed E-state index contributed by atoms with van der Waals surface area (Å²) in [6, 6.07) is 5.99. The summed E-state index contributed by atoms with van der Waals surface area (Å²) in [5, 5.41) is 0.710. The number of hydrogen-bond donors (Lipinski definition) is 0. The van der Waals surface area contributed by atoms with Crippen LogP contribution in [-0.4, -0.2) is 15.4 Å². The zero-order valence-electron chi connectivity index (χ0n) is 10.8. The summed E-state index contributed by atoms with van der Waals surface area (Å²) >= 11 is 15.7. The van der Waals surface area contributed by atoms with Crippen LogP contribution < -0.4 is 5.30 Å². The second-order valence-corrected chi connectivity index (χ2v) is 14.8. The average molecular weight is 513 g/mol. The van der Waals surface area contributed by atoms with Crippen LogP contribution in [0.3, 0.4) is 0 Å². The maximum Gasteiger partial charge on any atom is 0.219 e.